The fraction of sp³-hybridized carbons (Fsp3) is 0.158. The van der Waals surface area contributed by atoms with E-state index in [1.54, 1.807) is 18.2 Å². The molecule has 7 nitrogen and oxygen atoms in total. The van der Waals surface area contributed by atoms with Gasteiger partial charge in [0.15, 0.2) is 0 Å². The molecule has 2 rings (SSSR count). The number of rotatable bonds is 7. The van der Waals surface area contributed by atoms with Crippen molar-refractivity contribution in [1.82, 2.24) is 0 Å². The zero-order valence-corrected chi connectivity index (χ0v) is 15.3. The molecule has 0 unspecified atom stereocenters. The number of hydrogen-bond acceptors (Lipinski definition) is 6. The lowest BCUT2D eigenvalue weighted by molar-refractivity contribution is -0.387. The summed E-state index contributed by atoms with van der Waals surface area (Å²) in [6.07, 6.45) is 1.30. The Morgan fingerprint density at radius 3 is 2.63 bits per heavy atom. The minimum atomic E-state index is -0.595. The Labute approximate surface area is 160 Å². The molecule has 2 N–H and O–H groups in total. The Morgan fingerprint density at radius 2 is 2.04 bits per heavy atom. The standard InChI is InChI=1S/C19H17N3O4S/c1-13-2-5-16(6-3-13)21-19(24)15(12-20)10-14-4-7-18(27-9-8-23)17(11-14)22(25)26/h2-7,10-11,23H,8-9H2,1H3,(H,21,24)/b15-10-. The fourth-order valence-corrected chi connectivity index (χ4v) is 2.95. The third-order valence-electron chi connectivity index (χ3n) is 3.51. The Hall–Kier alpha value is -3.15. The number of thioether (sulfide) groups is 1. The maximum Gasteiger partial charge on any atom is 0.283 e. The summed E-state index contributed by atoms with van der Waals surface area (Å²) in [5.41, 5.74) is 1.65. The first-order valence-electron chi connectivity index (χ1n) is 7.96. The van der Waals surface area contributed by atoms with E-state index in [0.29, 0.717) is 21.9 Å². The number of amides is 1. The monoisotopic (exact) mass is 383 g/mol. The van der Waals surface area contributed by atoms with Crippen LogP contribution in [0.3, 0.4) is 0 Å². The molecule has 138 valence electrons. The number of anilines is 1. The van der Waals surface area contributed by atoms with Gasteiger partial charge in [-0.05, 0) is 36.8 Å². The van der Waals surface area contributed by atoms with Crippen LogP contribution in [0.25, 0.3) is 6.08 Å². The Morgan fingerprint density at radius 1 is 1.33 bits per heavy atom. The van der Waals surface area contributed by atoms with Crippen LogP contribution >= 0.6 is 11.8 Å². The van der Waals surface area contributed by atoms with Gasteiger partial charge >= 0.3 is 0 Å². The number of nitriles is 1. The van der Waals surface area contributed by atoms with Crippen LogP contribution in [0.1, 0.15) is 11.1 Å². The molecule has 2 aromatic rings. The topological polar surface area (TPSA) is 116 Å². The van der Waals surface area contributed by atoms with Crippen LogP contribution in [0.4, 0.5) is 11.4 Å². The van der Waals surface area contributed by atoms with Crippen LogP contribution in [0.2, 0.25) is 0 Å². The quantitative estimate of drug-likeness (QED) is 0.248. The van der Waals surface area contributed by atoms with Gasteiger partial charge in [-0.2, -0.15) is 5.26 Å². The van der Waals surface area contributed by atoms with E-state index in [1.165, 1.54) is 18.2 Å². The molecule has 0 aliphatic carbocycles. The summed E-state index contributed by atoms with van der Waals surface area (Å²) in [7, 11) is 0. The van der Waals surface area contributed by atoms with Crippen LogP contribution in [-0.2, 0) is 4.79 Å². The van der Waals surface area contributed by atoms with E-state index >= 15 is 0 Å². The van der Waals surface area contributed by atoms with Gasteiger partial charge in [-0.15, -0.1) is 11.8 Å². The van der Waals surface area contributed by atoms with Crippen molar-refractivity contribution in [3.8, 4) is 6.07 Å². The summed E-state index contributed by atoms with van der Waals surface area (Å²) in [5.74, 6) is -0.263. The maximum absolute atomic E-state index is 12.3. The van der Waals surface area contributed by atoms with Crippen molar-refractivity contribution in [2.24, 2.45) is 0 Å². The molecule has 0 aliphatic rings. The number of hydrogen-bond donors (Lipinski definition) is 2. The summed E-state index contributed by atoms with van der Waals surface area (Å²) in [5, 5.41) is 32.0. The third-order valence-corrected chi connectivity index (χ3v) is 4.56. The van der Waals surface area contributed by atoms with Gasteiger partial charge in [0.1, 0.15) is 11.6 Å². The smallest absolute Gasteiger partial charge is 0.283 e. The minimum Gasteiger partial charge on any atom is -0.396 e. The molecule has 1 amide bonds. The van der Waals surface area contributed by atoms with Crippen molar-refractivity contribution < 1.29 is 14.8 Å². The number of nitro benzene ring substituents is 1. The lowest BCUT2D eigenvalue weighted by Crippen LogP contribution is -2.13. The van der Waals surface area contributed by atoms with Crippen LogP contribution < -0.4 is 5.32 Å². The first-order valence-corrected chi connectivity index (χ1v) is 8.95. The number of aliphatic hydroxyl groups excluding tert-OH is 1. The van der Waals surface area contributed by atoms with Gasteiger partial charge < -0.3 is 10.4 Å². The highest BCUT2D eigenvalue weighted by Gasteiger charge is 2.16. The molecule has 0 spiro atoms. The number of aryl methyl sites for hydroxylation is 1. The van der Waals surface area contributed by atoms with Gasteiger partial charge in [-0.25, -0.2) is 0 Å². The lowest BCUT2D eigenvalue weighted by Gasteiger charge is -2.06. The third kappa shape index (κ3) is 5.67. The number of carbonyl (C=O) groups excluding carboxylic acids is 1. The van der Waals surface area contributed by atoms with Gasteiger partial charge in [-0.3, -0.25) is 14.9 Å². The minimum absolute atomic E-state index is 0.0960. The van der Waals surface area contributed by atoms with E-state index in [1.807, 2.05) is 25.1 Å². The number of nitrogens with zero attached hydrogens (tertiary/aromatic N) is 2. The van der Waals surface area contributed by atoms with Gasteiger partial charge in [0.25, 0.3) is 11.6 Å². The molecule has 0 radical (unpaired) electrons. The van der Waals surface area contributed by atoms with Crippen molar-refractivity contribution in [1.29, 1.82) is 5.26 Å². The largest absolute Gasteiger partial charge is 0.396 e. The van der Waals surface area contributed by atoms with Crippen molar-refractivity contribution in [3.63, 3.8) is 0 Å². The number of nitro groups is 1. The Kier molecular flexibility index (Phi) is 7.11. The highest BCUT2D eigenvalue weighted by atomic mass is 32.2. The number of aliphatic hydroxyl groups is 1. The van der Waals surface area contributed by atoms with E-state index in [4.69, 9.17) is 5.11 Å². The summed E-state index contributed by atoms with van der Waals surface area (Å²) >= 11 is 1.16. The highest BCUT2D eigenvalue weighted by molar-refractivity contribution is 7.99. The fourth-order valence-electron chi connectivity index (χ4n) is 2.20. The molecule has 0 aromatic heterocycles. The molecule has 2 aromatic carbocycles. The van der Waals surface area contributed by atoms with E-state index < -0.39 is 10.8 Å². The molecule has 0 atom stereocenters. The summed E-state index contributed by atoms with van der Waals surface area (Å²) in [6.45, 7) is 1.82. The van der Waals surface area contributed by atoms with Crippen LogP contribution in [0.5, 0.6) is 0 Å². The zero-order valence-electron chi connectivity index (χ0n) is 14.5. The van der Waals surface area contributed by atoms with Gasteiger partial charge in [0, 0.05) is 17.5 Å². The normalized spacial score (nSPS) is 10.9. The van der Waals surface area contributed by atoms with Crippen LogP contribution in [0, 0.1) is 28.4 Å². The predicted octanol–water partition coefficient (Wildman–Crippen LogP) is 3.53. The number of carbonyl (C=O) groups is 1. The second-order valence-corrected chi connectivity index (χ2v) is 6.68. The van der Waals surface area contributed by atoms with E-state index in [2.05, 4.69) is 5.32 Å². The molecular weight excluding hydrogens is 366 g/mol. The molecule has 8 heteroatoms. The first-order chi connectivity index (χ1) is 12.9. The zero-order chi connectivity index (χ0) is 19.8. The van der Waals surface area contributed by atoms with Crippen LogP contribution in [0.15, 0.2) is 52.9 Å². The second kappa shape index (κ2) is 9.52. The van der Waals surface area contributed by atoms with E-state index in [9.17, 15) is 20.2 Å². The summed E-state index contributed by atoms with van der Waals surface area (Å²) < 4.78 is 0. The van der Waals surface area contributed by atoms with Crippen molar-refractivity contribution in [2.75, 3.05) is 17.7 Å². The molecule has 27 heavy (non-hydrogen) atoms. The van der Waals surface area contributed by atoms with Gasteiger partial charge in [-0.1, -0.05) is 23.8 Å². The Bertz CT molecular complexity index is 918. The molecule has 0 saturated heterocycles. The van der Waals surface area contributed by atoms with Crippen LogP contribution in [-0.4, -0.2) is 28.3 Å². The van der Waals surface area contributed by atoms with Gasteiger partial charge in [0.05, 0.1) is 16.4 Å². The number of benzene rings is 2. The van der Waals surface area contributed by atoms with Gasteiger partial charge in [0.2, 0.25) is 0 Å². The second-order valence-electron chi connectivity index (χ2n) is 5.55. The van der Waals surface area contributed by atoms with E-state index in [-0.39, 0.29) is 17.9 Å². The highest BCUT2D eigenvalue weighted by Crippen LogP contribution is 2.30. The lowest BCUT2D eigenvalue weighted by atomic mass is 10.1. The average molecular weight is 383 g/mol. The Balaban J connectivity index is 2.26. The van der Waals surface area contributed by atoms with Crippen molar-refractivity contribution in [2.45, 2.75) is 11.8 Å². The SMILES string of the molecule is Cc1ccc(NC(=O)/C(C#N)=C\c2ccc(SCCO)c([N+](=O)[O-])c2)cc1. The summed E-state index contributed by atoms with van der Waals surface area (Å²) in [4.78, 5) is 23.4. The molecule has 0 bridgehead atoms. The molecule has 0 aliphatic heterocycles. The average Bonchev–Trinajstić information content (AvgIpc) is 2.66. The van der Waals surface area contributed by atoms with Crippen molar-refractivity contribution in [3.05, 3.63) is 69.3 Å². The number of nitrogens with one attached hydrogen (secondary N) is 1. The molecular formula is C19H17N3O4S. The van der Waals surface area contributed by atoms with E-state index in [0.717, 1.165) is 17.3 Å². The molecule has 0 heterocycles. The predicted molar refractivity (Wildman–Crippen MR) is 104 cm³/mol. The molecule has 0 saturated carbocycles. The van der Waals surface area contributed by atoms with Crippen molar-refractivity contribution >= 4 is 35.1 Å². The molecule has 0 fully saturated rings. The summed E-state index contributed by atoms with van der Waals surface area (Å²) in [6, 6.07) is 13.4. The maximum atomic E-state index is 12.3. The first kappa shape index (κ1) is 20.2.